The van der Waals surface area contributed by atoms with Crippen LogP contribution in [0.1, 0.15) is 6.92 Å². The first-order valence-corrected chi connectivity index (χ1v) is 4.91. The Morgan fingerprint density at radius 1 is 1.62 bits per heavy atom. The third kappa shape index (κ3) is 1.79. The first-order chi connectivity index (χ1) is 7.60. The van der Waals surface area contributed by atoms with E-state index in [1.807, 2.05) is 6.92 Å². The van der Waals surface area contributed by atoms with Crippen molar-refractivity contribution < 1.29 is 4.42 Å². The molecule has 1 aromatic carbocycles. The van der Waals surface area contributed by atoms with Crippen molar-refractivity contribution in [1.82, 2.24) is 4.98 Å². The molecule has 1 atom stereocenters. The Morgan fingerprint density at radius 3 is 3.06 bits per heavy atom. The van der Waals surface area contributed by atoms with Crippen LogP contribution < -0.4 is 16.8 Å². The minimum absolute atomic E-state index is 0.0957. The zero-order valence-corrected chi connectivity index (χ0v) is 8.91. The van der Waals surface area contributed by atoms with Crippen LogP contribution in [0, 0.1) is 0 Å². The molecule has 1 unspecified atom stereocenters. The van der Waals surface area contributed by atoms with E-state index in [1.54, 1.807) is 18.2 Å². The zero-order chi connectivity index (χ0) is 11.7. The molecule has 1 aromatic heterocycles. The van der Waals surface area contributed by atoms with Gasteiger partial charge >= 0.3 is 5.76 Å². The minimum atomic E-state index is -0.483. The average molecular weight is 219 g/mol. The third-order valence-corrected chi connectivity index (χ3v) is 2.33. The summed E-state index contributed by atoms with van der Waals surface area (Å²) < 4.78 is 4.90. The van der Waals surface area contributed by atoms with Crippen LogP contribution in [-0.4, -0.2) is 11.0 Å². The van der Waals surface area contributed by atoms with Gasteiger partial charge in [-0.05, 0) is 13.0 Å². The van der Waals surface area contributed by atoms with Gasteiger partial charge in [0.25, 0.3) is 0 Å². The Balaban J connectivity index is 2.49. The van der Waals surface area contributed by atoms with Crippen LogP contribution in [0.2, 0.25) is 0 Å². The molecule has 4 N–H and O–H groups in total. The predicted octanol–water partition coefficient (Wildman–Crippen LogP) is 1.69. The Morgan fingerprint density at radius 2 is 2.38 bits per heavy atom. The maximum absolute atomic E-state index is 11.0. The van der Waals surface area contributed by atoms with Crippen molar-refractivity contribution in [2.75, 3.05) is 11.1 Å². The lowest BCUT2D eigenvalue weighted by atomic mass is 10.2. The average Bonchev–Trinajstić information content (AvgIpc) is 2.58. The van der Waals surface area contributed by atoms with Crippen molar-refractivity contribution in [2.24, 2.45) is 0 Å². The fourth-order valence-corrected chi connectivity index (χ4v) is 1.44. The molecule has 0 aliphatic carbocycles. The van der Waals surface area contributed by atoms with E-state index in [0.717, 1.165) is 5.69 Å². The molecule has 0 bridgehead atoms. The van der Waals surface area contributed by atoms with Crippen molar-refractivity contribution in [3.63, 3.8) is 0 Å². The molecule has 16 heavy (non-hydrogen) atoms. The Labute approximate surface area is 91.9 Å². The smallest absolute Gasteiger partial charge is 0.408 e. The number of rotatable bonds is 3. The molecule has 0 saturated carbocycles. The van der Waals surface area contributed by atoms with E-state index in [9.17, 15) is 4.79 Å². The Bertz CT molecular complexity index is 582. The highest BCUT2D eigenvalue weighted by atomic mass is 16.4. The van der Waals surface area contributed by atoms with Crippen molar-refractivity contribution in [3.8, 4) is 0 Å². The number of aromatic nitrogens is 1. The van der Waals surface area contributed by atoms with Crippen LogP contribution in [0.5, 0.6) is 0 Å². The minimum Gasteiger partial charge on any atom is -0.408 e. The molecule has 0 fully saturated rings. The molecule has 2 aromatic rings. The molecule has 0 spiro atoms. The molecule has 5 nitrogen and oxygen atoms in total. The lowest BCUT2D eigenvalue weighted by Crippen LogP contribution is -2.12. The number of nitrogens with two attached hydrogens (primary N) is 1. The van der Waals surface area contributed by atoms with Gasteiger partial charge in [0.1, 0.15) is 0 Å². The highest BCUT2D eigenvalue weighted by Gasteiger charge is 2.07. The van der Waals surface area contributed by atoms with Gasteiger partial charge in [-0.3, -0.25) is 4.98 Å². The molecular weight excluding hydrogens is 206 g/mol. The number of hydrogen-bond acceptors (Lipinski definition) is 4. The van der Waals surface area contributed by atoms with Gasteiger partial charge in [0.15, 0.2) is 5.58 Å². The number of nitrogens with one attached hydrogen (secondary N) is 2. The molecule has 0 amide bonds. The summed E-state index contributed by atoms with van der Waals surface area (Å²) in [7, 11) is 0. The summed E-state index contributed by atoms with van der Waals surface area (Å²) in [4.78, 5) is 13.6. The second kappa shape index (κ2) is 3.77. The molecule has 5 heteroatoms. The van der Waals surface area contributed by atoms with Crippen LogP contribution >= 0.6 is 0 Å². The first kappa shape index (κ1) is 10.4. The van der Waals surface area contributed by atoms with Crippen LogP contribution in [0.4, 0.5) is 11.4 Å². The summed E-state index contributed by atoms with van der Waals surface area (Å²) in [5.74, 6) is -0.483. The number of benzene rings is 1. The fourth-order valence-electron chi connectivity index (χ4n) is 1.44. The van der Waals surface area contributed by atoms with Crippen LogP contribution in [-0.2, 0) is 0 Å². The molecule has 0 aliphatic heterocycles. The number of H-pyrrole nitrogens is 1. The van der Waals surface area contributed by atoms with E-state index < -0.39 is 5.76 Å². The number of aromatic amines is 1. The van der Waals surface area contributed by atoms with Crippen LogP contribution in [0.3, 0.4) is 0 Å². The van der Waals surface area contributed by atoms with E-state index in [4.69, 9.17) is 10.2 Å². The number of hydrogen-bond donors (Lipinski definition) is 3. The lowest BCUT2D eigenvalue weighted by Gasteiger charge is -2.12. The highest BCUT2D eigenvalue weighted by Crippen LogP contribution is 2.24. The van der Waals surface area contributed by atoms with Gasteiger partial charge in [0.05, 0.1) is 16.9 Å². The normalized spacial score (nSPS) is 12.6. The van der Waals surface area contributed by atoms with Gasteiger partial charge in [0.2, 0.25) is 0 Å². The summed E-state index contributed by atoms with van der Waals surface area (Å²) in [6.07, 6.45) is 1.77. The van der Waals surface area contributed by atoms with Gasteiger partial charge < -0.3 is 15.5 Å². The van der Waals surface area contributed by atoms with Crippen LogP contribution in [0.25, 0.3) is 11.1 Å². The topological polar surface area (TPSA) is 84.0 Å². The second-order valence-electron chi connectivity index (χ2n) is 3.62. The maximum atomic E-state index is 11.0. The van der Waals surface area contributed by atoms with Crippen molar-refractivity contribution in [1.29, 1.82) is 0 Å². The largest absolute Gasteiger partial charge is 0.417 e. The van der Waals surface area contributed by atoms with Gasteiger partial charge in [0, 0.05) is 12.1 Å². The van der Waals surface area contributed by atoms with Crippen LogP contribution in [0.15, 0.2) is 34.0 Å². The molecule has 0 radical (unpaired) electrons. The monoisotopic (exact) mass is 219 g/mol. The van der Waals surface area contributed by atoms with Crippen molar-refractivity contribution >= 4 is 22.5 Å². The number of fused-ring (bicyclic) bond motifs is 1. The van der Waals surface area contributed by atoms with Crippen molar-refractivity contribution in [3.05, 3.63) is 35.3 Å². The zero-order valence-electron chi connectivity index (χ0n) is 8.91. The summed E-state index contributed by atoms with van der Waals surface area (Å²) in [5.41, 5.74) is 8.19. The molecular formula is C11H13N3O2. The van der Waals surface area contributed by atoms with Crippen molar-refractivity contribution in [2.45, 2.75) is 13.0 Å². The molecule has 1 heterocycles. The first-order valence-electron chi connectivity index (χ1n) is 4.91. The Kier molecular flexibility index (Phi) is 2.44. The van der Waals surface area contributed by atoms with Gasteiger partial charge in [-0.2, -0.15) is 0 Å². The third-order valence-electron chi connectivity index (χ3n) is 2.33. The van der Waals surface area contributed by atoms with E-state index in [2.05, 4.69) is 16.9 Å². The maximum Gasteiger partial charge on any atom is 0.417 e. The Hall–Kier alpha value is -2.17. The van der Waals surface area contributed by atoms with Gasteiger partial charge in [-0.25, -0.2) is 4.79 Å². The predicted molar refractivity (Wildman–Crippen MR) is 64.5 cm³/mol. The standard InChI is InChI=1S/C11H13N3O2/c1-3-6(2)13-8-5-9-10(4-7(8)12)16-11(15)14-9/h3-6,13H,1,12H2,2H3,(H,14,15). The van der Waals surface area contributed by atoms with E-state index in [-0.39, 0.29) is 6.04 Å². The SMILES string of the molecule is C=CC(C)Nc1cc2[nH]c(=O)oc2cc1N. The molecule has 0 aliphatic rings. The van der Waals surface area contributed by atoms with E-state index in [0.29, 0.717) is 16.8 Å². The molecule has 2 rings (SSSR count). The summed E-state index contributed by atoms with van der Waals surface area (Å²) in [5, 5.41) is 3.15. The van der Waals surface area contributed by atoms with Gasteiger partial charge in [-0.1, -0.05) is 6.08 Å². The highest BCUT2D eigenvalue weighted by molar-refractivity contribution is 5.85. The summed E-state index contributed by atoms with van der Waals surface area (Å²) >= 11 is 0. The summed E-state index contributed by atoms with van der Waals surface area (Å²) in [6.45, 7) is 5.63. The summed E-state index contributed by atoms with van der Waals surface area (Å²) in [6, 6.07) is 3.46. The number of nitrogen functional groups attached to an aromatic ring is 1. The van der Waals surface area contributed by atoms with Gasteiger partial charge in [-0.15, -0.1) is 6.58 Å². The van der Waals surface area contributed by atoms with E-state index >= 15 is 0 Å². The molecule has 84 valence electrons. The quantitative estimate of drug-likeness (QED) is 0.541. The van der Waals surface area contributed by atoms with E-state index in [1.165, 1.54) is 0 Å². The lowest BCUT2D eigenvalue weighted by molar-refractivity contribution is 0.555. The number of oxazole rings is 1. The fraction of sp³-hybridized carbons (Fsp3) is 0.182. The number of anilines is 2. The molecule has 0 saturated heterocycles. The second-order valence-corrected chi connectivity index (χ2v) is 3.62.